The van der Waals surface area contributed by atoms with Gasteiger partial charge in [-0.25, -0.2) is 9.97 Å². The summed E-state index contributed by atoms with van der Waals surface area (Å²) in [5.74, 6) is 2.97. The predicted octanol–water partition coefficient (Wildman–Crippen LogP) is 4.15. The molecule has 3 heterocycles. The summed E-state index contributed by atoms with van der Waals surface area (Å²) >= 11 is 1.96. The van der Waals surface area contributed by atoms with Gasteiger partial charge in [-0.3, -0.25) is 4.90 Å². The topological polar surface area (TPSA) is 32.3 Å². The van der Waals surface area contributed by atoms with Crippen molar-refractivity contribution in [1.29, 1.82) is 0 Å². The SMILES string of the molecule is C=CCN1CCN(c2nc(C3CC3)nc3sc4c(c23)CCCCC4)CC1. The summed E-state index contributed by atoms with van der Waals surface area (Å²) in [6.45, 7) is 9.21. The minimum Gasteiger partial charge on any atom is -0.353 e. The van der Waals surface area contributed by atoms with E-state index < -0.39 is 0 Å². The first-order valence-corrected chi connectivity index (χ1v) is 11.1. The van der Waals surface area contributed by atoms with Crippen molar-refractivity contribution in [3.05, 3.63) is 28.9 Å². The van der Waals surface area contributed by atoms with Crippen LogP contribution in [-0.4, -0.2) is 47.6 Å². The van der Waals surface area contributed by atoms with Gasteiger partial charge in [0.25, 0.3) is 0 Å². The summed E-state index contributed by atoms with van der Waals surface area (Å²) in [5, 5.41) is 1.40. The van der Waals surface area contributed by atoms with Crippen molar-refractivity contribution in [2.75, 3.05) is 37.6 Å². The Labute approximate surface area is 159 Å². The monoisotopic (exact) mass is 368 g/mol. The van der Waals surface area contributed by atoms with E-state index in [1.807, 2.05) is 17.4 Å². The number of fused-ring (bicyclic) bond motifs is 3. The average Bonchev–Trinajstić information content (AvgIpc) is 3.47. The molecule has 3 aliphatic rings. The van der Waals surface area contributed by atoms with Crippen LogP contribution in [0, 0.1) is 0 Å². The molecule has 0 N–H and O–H groups in total. The Morgan fingerprint density at radius 1 is 1.04 bits per heavy atom. The molecule has 0 atom stereocenters. The van der Waals surface area contributed by atoms with E-state index in [0.717, 1.165) is 38.5 Å². The van der Waals surface area contributed by atoms with Gasteiger partial charge < -0.3 is 4.90 Å². The van der Waals surface area contributed by atoms with Gasteiger partial charge in [-0.1, -0.05) is 12.5 Å². The molecule has 2 aromatic rings. The van der Waals surface area contributed by atoms with Crippen molar-refractivity contribution < 1.29 is 0 Å². The highest BCUT2D eigenvalue weighted by Gasteiger charge is 2.31. The Bertz CT molecular complexity index is 815. The number of aryl methyl sites for hydroxylation is 2. The van der Waals surface area contributed by atoms with Crippen LogP contribution in [0.4, 0.5) is 5.82 Å². The molecule has 5 rings (SSSR count). The van der Waals surface area contributed by atoms with E-state index in [0.29, 0.717) is 5.92 Å². The fourth-order valence-electron chi connectivity index (χ4n) is 4.41. The standard InChI is InChI=1S/C21H28N4S/c1-2-10-24-11-13-25(14-12-24)20-18-16-6-4-3-5-7-17(16)26-21(18)23-19(22-20)15-8-9-15/h2,15H,1,3-14H2. The largest absolute Gasteiger partial charge is 0.353 e. The molecule has 138 valence electrons. The van der Waals surface area contributed by atoms with Gasteiger partial charge in [0.15, 0.2) is 0 Å². The molecule has 1 saturated heterocycles. The fraction of sp³-hybridized carbons (Fsp3) is 0.619. The first-order valence-electron chi connectivity index (χ1n) is 10.2. The number of nitrogens with zero attached hydrogens (tertiary/aromatic N) is 4. The molecular weight excluding hydrogens is 340 g/mol. The number of rotatable bonds is 4. The zero-order valence-corrected chi connectivity index (χ0v) is 16.4. The lowest BCUT2D eigenvalue weighted by molar-refractivity contribution is 0.283. The van der Waals surface area contributed by atoms with E-state index >= 15 is 0 Å². The summed E-state index contributed by atoms with van der Waals surface area (Å²) < 4.78 is 0. The van der Waals surface area contributed by atoms with Crippen LogP contribution in [0.25, 0.3) is 10.2 Å². The summed E-state index contributed by atoms with van der Waals surface area (Å²) in [6, 6.07) is 0. The maximum Gasteiger partial charge on any atom is 0.141 e. The second kappa shape index (κ2) is 6.93. The Morgan fingerprint density at radius 2 is 1.85 bits per heavy atom. The lowest BCUT2D eigenvalue weighted by Crippen LogP contribution is -2.46. The maximum atomic E-state index is 5.15. The summed E-state index contributed by atoms with van der Waals surface area (Å²) in [4.78, 5) is 18.1. The normalized spacial score (nSPS) is 21.6. The van der Waals surface area contributed by atoms with Gasteiger partial charge in [-0.2, -0.15) is 0 Å². The lowest BCUT2D eigenvalue weighted by Gasteiger charge is -2.35. The van der Waals surface area contributed by atoms with Crippen LogP contribution in [-0.2, 0) is 12.8 Å². The zero-order chi connectivity index (χ0) is 17.5. The van der Waals surface area contributed by atoms with Crippen molar-refractivity contribution in [2.45, 2.75) is 50.9 Å². The maximum absolute atomic E-state index is 5.15. The molecule has 0 aromatic carbocycles. The summed E-state index contributed by atoms with van der Waals surface area (Å²) in [5.41, 5.74) is 1.58. The van der Waals surface area contributed by atoms with E-state index in [2.05, 4.69) is 16.4 Å². The van der Waals surface area contributed by atoms with Crippen molar-refractivity contribution in [3.8, 4) is 0 Å². The van der Waals surface area contributed by atoms with Crippen LogP contribution >= 0.6 is 11.3 Å². The van der Waals surface area contributed by atoms with Crippen molar-refractivity contribution in [1.82, 2.24) is 14.9 Å². The molecule has 0 amide bonds. The Balaban J connectivity index is 1.56. The molecule has 2 fully saturated rings. The first-order chi connectivity index (χ1) is 12.8. The molecule has 4 nitrogen and oxygen atoms in total. The summed E-state index contributed by atoms with van der Waals surface area (Å²) in [7, 11) is 0. The van der Waals surface area contributed by atoms with Gasteiger partial charge in [-0.15, -0.1) is 17.9 Å². The minimum atomic E-state index is 0.613. The molecule has 1 aliphatic heterocycles. The third-order valence-corrected chi connectivity index (χ3v) is 7.25. The molecule has 26 heavy (non-hydrogen) atoms. The fourth-order valence-corrected chi connectivity index (χ4v) is 5.67. The zero-order valence-electron chi connectivity index (χ0n) is 15.5. The van der Waals surface area contributed by atoms with Crippen molar-refractivity contribution in [3.63, 3.8) is 0 Å². The van der Waals surface area contributed by atoms with Crippen LogP contribution in [0.1, 0.15) is 54.3 Å². The van der Waals surface area contributed by atoms with E-state index in [9.17, 15) is 0 Å². The summed E-state index contributed by atoms with van der Waals surface area (Å²) in [6.07, 6.45) is 11.0. The molecule has 5 heteroatoms. The molecule has 0 unspecified atom stereocenters. The molecule has 2 aliphatic carbocycles. The molecule has 2 aromatic heterocycles. The van der Waals surface area contributed by atoms with Crippen LogP contribution < -0.4 is 4.90 Å². The van der Waals surface area contributed by atoms with Gasteiger partial charge in [0.1, 0.15) is 16.5 Å². The number of hydrogen-bond donors (Lipinski definition) is 0. The van der Waals surface area contributed by atoms with Gasteiger partial charge in [0.05, 0.1) is 5.39 Å². The number of hydrogen-bond acceptors (Lipinski definition) is 5. The first kappa shape index (κ1) is 16.7. The Kier molecular flexibility index (Phi) is 4.45. The van der Waals surface area contributed by atoms with E-state index in [4.69, 9.17) is 9.97 Å². The van der Waals surface area contributed by atoms with Gasteiger partial charge >= 0.3 is 0 Å². The molecule has 0 radical (unpaired) electrons. The second-order valence-corrected chi connectivity index (χ2v) is 9.08. The number of thiophene rings is 1. The minimum absolute atomic E-state index is 0.613. The van der Waals surface area contributed by atoms with E-state index in [1.54, 1.807) is 10.4 Å². The van der Waals surface area contributed by atoms with E-state index in [-0.39, 0.29) is 0 Å². The highest BCUT2D eigenvalue weighted by Crippen LogP contribution is 2.43. The highest BCUT2D eigenvalue weighted by atomic mass is 32.1. The van der Waals surface area contributed by atoms with Crippen molar-refractivity contribution in [2.24, 2.45) is 0 Å². The molecular formula is C21H28N4S. The van der Waals surface area contributed by atoms with Crippen LogP contribution in [0.15, 0.2) is 12.7 Å². The third kappa shape index (κ3) is 3.05. The number of aromatic nitrogens is 2. The molecule has 1 saturated carbocycles. The number of anilines is 1. The average molecular weight is 369 g/mol. The predicted molar refractivity (Wildman–Crippen MR) is 109 cm³/mol. The lowest BCUT2D eigenvalue weighted by atomic mass is 10.1. The van der Waals surface area contributed by atoms with E-state index in [1.165, 1.54) is 61.0 Å². The molecule has 0 bridgehead atoms. The van der Waals surface area contributed by atoms with Gasteiger partial charge in [0, 0.05) is 43.5 Å². The second-order valence-electron chi connectivity index (χ2n) is 8.00. The van der Waals surface area contributed by atoms with Gasteiger partial charge in [0.2, 0.25) is 0 Å². The van der Waals surface area contributed by atoms with Gasteiger partial charge in [-0.05, 0) is 44.1 Å². The highest BCUT2D eigenvalue weighted by molar-refractivity contribution is 7.19. The Hall–Kier alpha value is -1.46. The third-order valence-electron chi connectivity index (χ3n) is 6.06. The Morgan fingerprint density at radius 3 is 2.62 bits per heavy atom. The van der Waals surface area contributed by atoms with Crippen LogP contribution in [0.5, 0.6) is 0 Å². The molecule has 0 spiro atoms. The smallest absolute Gasteiger partial charge is 0.141 e. The van der Waals surface area contributed by atoms with Crippen LogP contribution in [0.3, 0.4) is 0 Å². The quantitative estimate of drug-likeness (QED) is 0.599. The van der Waals surface area contributed by atoms with Crippen molar-refractivity contribution >= 4 is 27.4 Å². The number of piperazine rings is 1. The van der Waals surface area contributed by atoms with Crippen LogP contribution in [0.2, 0.25) is 0 Å².